The van der Waals surface area contributed by atoms with Crippen LogP contribution in [0, 0.1) is 23.1 Å². The molecule has 1 fully saturated rings. The van der Waals surface area contributed by atoms with E-state index in [0.717, 1.165) is 12.8 Å². The molecule has 1 atom stereocenters. The van der Waals surface area contributed by atoms with Crippen LogP contribution in [0.5, 0.6) is 0 Å². The Kier molecular flexibility index (Phi) is 6.33. The number of carbonyl (C=O) groups excluding carboxylic acids is 1. The third kappa shape index (κ3) is 5.41. The van der Waals surface area contributed by atoms with Gasteiger partial charge in [0.25, 0.3) is 0 Å². The molecule has 1 aromatic rings. The summed E-state index contributed by atoms with van der Waals surface area (Å²) in [6, 6.07) is 5.61. The molecule has 9 heteroatoms. The minimum absolute atomic E-state index is 0.00584. The van der Waals surface area contributed by atoms with Crippen molar-refractivity contribution in [3.63, 3.8) is 0 Å². The molecule has 2 rings (SSSR count). The highest BCUT2D eigenvalue weighted by Gasteiger charge is 2.26. The first-order chi connectivity index (χ1) is 11.8. The fourth-order valence-electron chi connectivity index (χ4n) is 2.83. The second-order valence-electron chi connectivity index (χ2n) is 6.02. The Morgan fingerprint density at radius 2 is 2.24 bits per heavy atom. The first-order valence-electron chi connectivity index (χ1n) is 7.97. The molecular weight excluding hydrogens is 347 g/mol. The normalized spacial score (nSPS) is 17.8. The number of carbonyl (C=O) groups is 1. The Bertz CT molecular complexity index is 776. The smallest absolute Gasteiger partial charge is 0.317 e. The second kappa shape index (κ2) is 8.27. The van der Waals surface area contributed by atoms with E-state index in [1.165, 1.54) is 19.2 Å². The van der Waals surface area contributed by atoms with Gasteiger partial charge in [-0.2, -0.15) is 5.26 Å². The number of halogens is 1. The lowest BCUT2D eigenvalue weighted by Crippen LogP contribution is -2.47. The first kappa shape index (κ1) is 19.1. The summed E-state index contributed by atoms with van der Waals surface area (Å²) in [4.78, 5) is 13.8. The Hall–Kier alpha value is -2.18. The molecule has 0 aliphatic carbocycles. The van der Waals surface area contributed by atoms with Gasteiger partial charge in [-0.05, 0) is 43.5 Å². The molecule has 1 saturated heterocycles. The lowest BCUT2D eigenvalue weighted by Gasteiger charge is -2.32. The molecule has 1 unspecified atom stereocenters. The van der Waals surface area contributed by atoms with Crippen molar-refractivity contribution in [2.45, 2.75) is 19.4 Å². The summed E-state index contributed by atoms with van der Waals surface area (Å²) in [7, 11) is -1.94. The maximum atomic E-state index is 13.6. The number of likely N-dealkylation sites (tertiary alicyclic amines) is 1. The predicted octanol–water partition coefficient (Wildman–Crippen LogP) is 1.17. The summed E-state index contributed by atoms with van der Waals surface area (Å²) in [5, 5.41) is 11.4. The number of piperidine rings is 1. The maximum Gasteiger partial charge on any atom is 0.317 e. The zero-order valence-corrected chi connectivity index (χ0v) is 14.8. The Morgan fingerprint density at radius 1 is 1.48 bits per heavy atom. The van der Waals surface area contributed by atoms with E-state index in [9.17, 15) is 17.6 Å². The van der Waals surface area contributed by atoms with Crippen LogP contribution in [0.15, 0.2) is 18.2 Å². The minimum atomic E-state index is -3.31. The van der Waals surface area contributed by atoms with Crippen LogP contribution in [0.25, 0.3) is 0 Å². The number of sulfonamides is 1. The van der Waals surface area contributed by atoms with Gasteiger partial charge in [-0.3, -0.25) is 0 Å². The molecular formula is C16H21FN4O3S. The van der Waals surface area contributed by atoms with Gasteiger partial charge >= 0.3 is 6.03 Å². The van der Waals surface area contributed by atoms with Crippen LogP contribution in [0.1, 0.15) is 24.0 Å². The van der Waals surface area contributed by atoms with Gasteiger partial charge in [0.1, 0.15) is 11.9 Å². The number of hydrogen-bond donors (Lipinski definition) is 2. The molecule has 0 aromatic heterocycles. The summed E-state index contributed by atoms with van der Waals surface area (Å²) in [6.45, 7) is 1.07. The van der Waals surface area contributed by atoms with Gasteiger partial charge in [-0.15, -0.1) is 0 Å². The number of rotatable bonds is 5. The number of nitrogens with zero attached hydrogens (tertiary/aromatic N) is 2. The lowest BCUT2D eigenvalue weighted by molar-refractivity contribution is 0.170. The molecule has 7 nitrogen and oxygen atoms in total. The van der Waals surface area contributed by atoms with Crippen LogP contribution in [0.3, 0.4) is 0 Å². The number of benzene rings is 1. The molecule has 0 spiro atoms. The van der Waals surface area contributed by atoms with Crippen molar-refractivity contribution in [3.8, 4) is 6.07 Å². The molecule has 136 valence electrons. The number of nitriles is 1. The van der Waals surface area contributed by atoms with Crippen molar-refractivity contribution < 1.29 is 17.6 Å². The molecule has 25 heavy (non-hydrogen) atoms. The largest absolute Gasteiger partial charge is 0.334 e. The topological polar surface area (TPSA) is 102 Å². The monoisotopic (exact) mass is 368 g/mol. The Labute approximate surface area is 146 Å². The third-order valence-corrected chi connectivity index (χ3v) is 5.70. The predicted molar refractivity (Wildman–Crippen MR) is 90.5 cm³/mol. The molecule has 2 N–H and O–H groups in total. The maximum absolute atomic E-state index is 13.6. The van der Waals surface area contributed by atoms with Crippen molar-refractivity contribution in [3.05, 3.63) is 35.1 Å². The SMILES string of the molecule is CNS(=O)(=O)CC1CCCN(C(=O)NCc2ccc(C#N)c(F)c2)C1. The van der Waals surface area contributed by atoms with Crippen LogP contribution >= 0.6 is 0 Å². The second-order valence-corrected chi connectivity index (χ2v) is 8.00. The van der Waals surface area contributed by atoms with Gasteiger partial charge in [0.15, 0.2) is 0 Å². The molecule has 0 radical (unpaired) electrons. The van der Waals surface area contributed by atoms with E-state index >= 15 is 0 Å². The molecule has 1 aliphatic rings. The minimum Gasteiger partial charge on any atom is -0.334 e. The van der Waals surface area contributed by atoms with Gasteiger partial charge < -0.3 is 10.2 Å². The van der Waals surface area contributed by atoms with Crippen molar-refractivity contribution in [1.82, 2.24) is 14.9 Å². The van der Waals surface area contributed by atoms with E-state index in [1.807, 2.05) is 0 Å². The highest BCUT2D eigenvalue weighted by molar-refractivity contribution is 7.89. The Morgan fingerprint density at radius 3 is 2.88 bits per heavy atom. The van der Waals surface area contributed by atoms with E-state index in [2.05, 4.69) is 10.0 Å². The van der Waals surface area contributed by atoms with Gasteiger partial charge in [-0.1, -0.05) is 6.07 Å². The van der Waals surface area contributed by atoms with Gasteiger partial charge in [0.2, 0.25) is 10.0 Å². The fraction of sp³-hybridized carbons (Fsp3) is 0.500. The number of amides is 2. The highest BCUT2D eigenvalue weighted by atomic mass is 32.2. The molecule has 1 heterocycles. The van der Waals surface area contributed by atoms with E-state index in [0.29, 0.717) is 18.7 Å². The van der Waals surface area contributed by atoms with Gasteiger partial charge in [-0.25, -0.2) is 22.3 Å². The average Bonchev–Trinajstić information content (AvgIpc) is 2.59. The highest BCUT2D eigenvalue weighted by Crippen LogP contribution is 2.18. The average molecular weight is 368 g/mol. The van der Waals surface area contributed by atoms with Crippen LogP contribution < -0.4 is 10.0 Å². The zero-order chi connectivity index (χ0) is 18.4. The standard InChI is InChI=1S/C16H21FN4O3S/c1-19-25(23,24)11-13-3-2-6-21(10-13)16(22)20-9-12-4-5-14(8-18)15(17)7-12/h4-5,7,13,19H,2-3,6,9-11H2,1H3,(H,20,22). The summed E-state index contributed by atoms with van der Waals surface area (Å²) in [6.07, 6.45) is 1.49. The van der Waals surface area contributed by atoms with E-state index in [-0.39, 0.29) is 29.8 Å². The van der Waals surface area contributed by atoms with Crippen LogP contribution in [-0.2, 0) is 16.6 Å². The summed E-state index contributed by atoms with van der Waals surface area (Å²) in [5.41, 5.74) is 0.510. The summed E-state index contributed by atoms with van der Waals surface area (Å²) < 4.78 is 39.2. The van der Waals surface area contributed by atoms with E-state index in [4.69, 9.17) is 5.26 Å². The number of nitrogens with one attached hydrogen (secondary N) is 2. The van der Waals surface area contributed by atoms with Crippen molar-refractivity contribution >= 4 is 16.1 Å². The van der Waals surface area contributed by atoms with E-state index < -0.39 is 15.8 Å². The fourth-order valence-corrected chi connectivity index (χ4v) is 3.89. The number of urea groups is 1. The van der Waals surface area contributed by atoms with Crippen LogP contribution in [0.2, 0.25) is 0 Å². The first-order valence-corrected chi connectivity index (χ1v) is 9.62. The summed E-state index contributed by atoms with van der Waals surface area (Å²) >= 11 is 0. The van der Waals surface area contributed by atoms with Crippen molar-refractivity contribution in [2.24, 2.45) is 5.92 Å². The Balaban J connectivity index is 1.90. The van der Waals surface area contributed by atoms with Crippen LogP contribution in [-0.4, -0.2) is 45.2 Å². The molecule has 1 aliphatic heterocycles. The van der Waals surface area contributed by atoms with Gasteiger partial charge in [0.05, 0.1) is 11.3 Å². The van der Waals surface area contributed by atoms with Gasteiger partial charge in [0, 0.05) is 19.6 Å². The molecule has 1 aromatic carbocycles. The zero-order valence-electron chi connectivity index (χ0n) is 14.0. The molecule has 0 bridgehead atoms. The third-order valence-electron chi connectivity index (χ3n) is 4.17. The lowest BCUT2D eigenvalue weighted by atomic mass is 10.0. The molecule has 2 amide bonds. The molecule has 0 saturated carbocycles. The number of hydrogen-bond acceptors (Lipinski definition) is 4. The summed E-state index contributed by atoms with van der Waals surface area (Å²) in [5.74, 6) is -0.734. The van der Waals surface area contributed by atoms with E-state index in [1.54, 1.807) is 17.0 Å². The quantitative estimate of drug-likeness (QED) is 0.814. The van der Waals surface area contributed by atoms with Crippen molar-refractivity contribution in [1.29, 1.82) is 5.26 Å². The van der Waals surface area contributed by atoms with Crippen molar-refractivity contribution in [2.75, 3.05) is 25.9 Å². The van der Waals surface area contributed by atoms with Crippen LogP contribution in [0.4, 0.5) is 9.18 Å².